The van der Waals surface area contributed by atoms with E-state index in [-0.39, 0.29) is 27.9 Å². The van der Waals surface area contributed by atoms with Gasteiger partial charge in [0.15, 0.2) is 5.75 Å². The summed E-state index contributed by atoms with van der Waals surface area (Å²) in [5.41, 5.74) is -5.55. The van der Waals surface area contributed by atoms with Crippen LogP contribution in [0.2, 0.25) is 10.0 Å². The highest BCUT2D eigenvalue weighted by Crippen LogP contribution is 2.30. The van der Waals surface area contributed by atoms with Crippen LogP contribution in [0.1, 0.15) is 19.4 Å². The first-order chi connectivity index (χ1) is 12.9. The van der Waals surface area contributed by atoms with Crippen molar-refractivity contribution in [1.29, 1.82) is 0 Å². The molecule has 0 aliphatic heterocycles. The molecular weight excluding hydrogens is 440 g/mol. The van der Waals surface area contributed by atoms with Gasteiger partial charge in [-0.2, -0.15) is 21.6 Å². The van der Waals surface area contributed by atoms with Crippen molar-refractivity contribution in [3.05, 3.63) is 58.1 Å². The Morgan fingerprint density at radius 3 is 2.18 bits per heavy atom. The molecule has 0 aliphatic carbocycles. The van der Waals surface area contributed by atoms with Gasteiger partial charge in [0, 0.05) is 15.6 Å². The lowest BCUT2D eigenvalue weighted by Crippen LogP contribution is -2.30. The summed E-state index contributed by atoms with van der Waals surface area (Å²) in [4.78, 5) is 5.32. The number of nitrogens with zero attached hydrogens (tertiary/aromatic N) is 1. The Hall–Kier alpha value is -1.97. The molecule has 0 atom stereocenters. The zero-order valence-corrected chi connectivity index (χ0v) is 16.9. The molecule has 0 fully saturated rings. The van der Waals surface area contributed by atoms with Crippen LogP contribution in [0.25, 0.3) is 0 Å². The molecule has 0 aliphatic rings. The van der Waals surface area contributed by atoms with E-state index in [1.807, 2.05) is 0 Å². The van der Waals surface area contributed by atoms with E-state index in [1.54, 1.807) is 38.1 Å². The van der Waals surface area contributed by atoms with Gasteiger partial charge in [0.2, 0.25) is 0 Å². The third-order valence-electron chi connectivity index (χ3n) is 3.42. The quantitative estimate of drug-likeness (QED) is 0.449. The number of hydrogen-bond donors (Lipinski definition) is 1. The lowest BCUT2D eigenvalue weighted by molar-refractivity contribution is -0.0429. The fourth-order valence-electron chi connectivity index (χ4n) is 2.08. The molecule has 0 bridgehead atoms. The second kappa shape index (κ2) is 8.59. The molecule has 2 aromatic carbocycles. The highest BCUT2D eigenvalue weighted by atomic mass is 35.5. The Kier molecular flexibility index (Phi) is 6.84. The van der Waals surface area contributed by atoms with Gasteiger partial charge in [0.25, 0.3) is 0 Å². The Morgan fingerprint density at radius 2 is 1.64 bits per heavy atom. The summed E-state index contributed by atoms with van der Waals surface area (Å²) in [6, 6.07) is 9.94. The molecule has 28 heavy (non-hydrogen) atoms. The summed E-state index contributed by atoms with van der Waals surface area (Å²) in [5.74, 6) is 0.00177. The van der Waals surface area contributed by atoms with Crippen molar-refractivity contribution >= 4 is 44.6 Å². The van der Waals surface area contributed by atoms with Crippen molar-refractivity contribution in [2.24, 2.45) is 11.1 Å². The first-order valence-electron chi connectivity index (χ1n) is 7.80. The van der Waals surface area contributed by atoms with E-state index >= 15 is 0 Å². The van der Waals surface area contributed by atoms with Gasteiger partial charge >= 0.3 is 15.5 Å². The third kappa shape index (κ3) is 5.52. The van der Waals surface area contributed by atoms with Crippen LogP contribution in [0, 0.1) is 5.92 Å². The maximum absolute atomic E-state index is 12.7. The minimum Gasteiger partial charge on any atom is -0.357 e. The molecule has 1 N–H and O–H groups in total. The van der Waals surface area contributed by atoms with Gasteiger partial charge in [-0.15, -0.1) is 0 Å². The Bertz CT molecular complexity index is 976. The molecule has 11 heteroatoms. The van der Waals surface area contributed by atoms with Crippen molar-refractivity contribution < 1.29 is 26.4 Å². The van der Waals surface area contributed by atoms with Crippen molar-refractivity contribution in [3.8, 4) is 5.75 Å². The van der Waals surface area contributed by atoms with E-state index in [1.165, 1.54) is 16.9 Å². The largest absolute Gasteiger partial charge is 0.516 e. The van der Waals surface area contributed by atoms with Crippen LogP contribution in [0.3, 0.4) is 0 Å². The van der Waals surface area contributed by atoms with Gasteiger partial charge in [-0.1, -0.05) is 42.2 Å². The van der Waals surface area contributed by atoms with E-state index in [0.717, 1.165) is 6.07 Å². The summed E-state index contributed by atoms with van der Waals surface area (Å²) in [7, 11) is -5.62. The van der Waals surface area contributed by atoms with Gasteiger partial charge in [-0.3, -0.25) is 4.72 Å². The summed E-state index contributed by atoms with van der Waals surface area (Å²) in [5, 5.41) is 4.66. The van der Waals surface area contributed by atoms with Crippen molar-refractivity contribution in [3.63, 3.8) is 0 Å². The molecule has 0 saturated carbocycles. The third-order valence-corrected chi connectivity index (χ3v) is 5.00. The molecule has 2 aromatic rings. The normalized spacial score (nSPS) is 12.9. The summed E-state index contributed by atoms with van der Waals surface area (Å²) >= 11 is 11.7. The molecule has 0 aromatic heterocycles. The Morgan fingerprint density at radius 1 is 1.07 bits per heavy atom. The standard InChI is InChI=1S/C17H15Cl2F3N2O3S/c1-10(2)16(23-27-13-6-3-11(18)4-7-13)14-9-12(19)5-8-15(14)24-28(25,26)17(20,21)22/h3-10,24H,1-2H3/b23-16+. The summed E-state index contributed by atoms with van der Waals surface area (Å²) in [6.45, 7) is 3.43. The van der Waals surface area contributed by atoms with E-state index in [9.17, 15) is 21.6 Å². The second-order valence-electron chi connectivity index (χ2n) is 5.92. The highest BCUT2D eigenvalue weighted by molar-refractivity contribution is 7.93. The maximum Gasteiger partial charge on any atom is 0.516 e. The summed E-state index contributed by atoms with van der Waals surface area (Å²) in [6.07, 6.45) is 0. The average Bonchev–Trinajstić information content (AvgIpc) is 2.57. The molecule has 0 heterocycles. The predicted octanol–water partition coefficient (Wildman–Crippen LogP) is 5.69. The predicted molar refractivity (Wildman–Crippen MR) is 104 cm³/mol. The van der Waals surface area contributed by atoms with E-state index < -0.39 is 15.5 Å². The van der Waals surface area contributed by atoms with Gasteiger partial charge in [0.05, 0.1) is 11.4 Å². The van der Waals surface area contributed by atoms with E-state index in [0.29, 0.717) is 10.8 Å². The average molecular weight is 455 g/mol. The lowest BCUT2D eigenvalue weighted by atomic mass is 9.99. The molecule has 0 radical (unpaired) electrons. The second-order valence-corrected chi connectivity index (χ2v) is 8.46. The van der Waals surface area contributed by atoms with E-state index in [4.69, 9.17) is 28.0 Å². The fraction of sp³-hybridized carbons (Fsp3) is 0.235. The highest BCUT2D eigenvalue weighted by Gasteiger charge is 2.46. The number of nitrogens with one attached hydrogen (secondary N) is 1. The van der Waals surface area contributed by atoms with Crippen molar-refractivity contribution in [2.45, 2.75) is 19.4 Å². The minimum absolute atomic E-state index is 0.0595. The topological polar surface area (TPSA) is 67.8 Å². The van der Waals surface area contributed by atoms with Crippen LogP contribution in [0.5, 0.6) is 5.75 Å². The number of oxime groups is 1. The monoisotopic (exact) mass is 454 g/mol. The number of halogens is 5. The lowest BCUT2D eigenvalue weighted by Gasteiger charge is -2.17. The molecular formula is C17H15Cl2F3N2O3S. The van der Waals surface area contributed by atoms with Crippen LogP contribution in [-0.4, -0.2) is 19.6 Å². The summed E-state index contributed by atoms with van der Waals surface area (Å²) < 4.78 is 62.8. The van der Waals surface area contributed by atoms with Crippen molar-refractivity contribution in [2.75, 3.05) is 4.72 Å². The molecule has 5 nitrogen and oxygen atoms in total. The molecule has 0 unspecified atom stereocenters. The molecule has 2 rings (SSSR count). The SMILES string of the molecule is CC(C)/C(=N\Oc1ccc(Cl)cc1)c1cc(Cl)ccc1NS(=O)(=O)C(F)(F)F. The number of benzene rings is 2. The fourth-order valence-corrected chi connectivity index (χ4v) is 2.96. The van der Waals surface area contributed by atoms with Crippen LogP contribution in [0.4, 0.5) is 18.9 Å². The number of sulfonamides is 1. The number of hydrogen-bond acceptors (Lipinski definition) is 4. The van der Waals surface area contributed by atoms with E-state index in [2.05, 4.69) is 5.16 Å². The van der Waals surface area contributed by atoms with Gasteiger partial charge < -0.3 is 4.84 Å². The molecule has 0 saturated heterocycles. The van der Waals surface area contributed by atoms with Crippen LogP contribution in [-0.2, 0) is 10.0 Å². The minimum atomic E-state index is -5.62. The smallest absolute Gasteiger partial charge is 0.357 e. The van der Waals surface area contributed by atoms with Crippen LogP contribution >= 0.6 is 23.2 Å². The van der Waals surface area contributed by atoms with Gasteiger partial charge in [0.1, 0.15) is 0 Å². The molecule has 152 valence electrons. The van der Waals surface area contributed by atoms with Crippen LogP contribution < -0.4 is 9.56 Å². The maximum atomic E-state index is 12.7. The van der Waals surface area contributed by atoms with Crippen molar-refractivity contribution in [1.82, 2.24) is 0 Å². The number of anilines is 1. The first kappa shape index (κ1) is 22.3. The zero-order valence-electron chi connectivity index (χ0n) is 14.6. The Balaban J connectivity index is 2.47. The first-order valence-corrected chi connectivity index (χ1v) is 10.0. The Labute approximate surface area is 170 Å². The molecule has 0 spiro atoms. The molecule has 0 amide bonds. The zero-order chi connectivity index (χ0) is 21.1. The van der Waals surface area contributed by atoms with Gasteiger partial charge in [-0.05, 0) is 48.4 Å². The number of alkyl halides is 3. The van der Waals surface area contributed by atoms with Crippen LogP contribution in [0.15, 0.2) is 47.6 Å². The van der Waals surface area contributed by atoms with Gasteiger partial charge in [-0.25, -0.2) is 0 Å². The number of rotatable bonds is 6.